The molecule has 1 amide bonds. The Morgan fingerprint density at radius 3 is 3.06 bits per heavy atom. The molecule has 92 valence electrons. The average Bonchev–Trinajstić information content (AvgIpc) is 2.89. The van der Waals surface area contributed by atoms with Gasteiger partial charge in [-0.05, 0) is 37.5 Å². The summed E-state index contributed by atoms with van der Waals surface area (Å²) in [5, 5.41) is 12.7. The topological polar surface area (TPSA) is 62.2 Å². The van der Waals surface area contributed by atoms with Crippen molar-refractivity contribution in [3.63, 3.8) is 0 Å². The summed E-state index contributed by atoms with van der Waals surface area (Å²) in [6.07, 6.45) is 3.23. The summed E-state index contributed by atoms with van der Waals surface area (Å²) in [4.78, 5) is 17.6. The van der Waals surface area contributed by atoms with Gasteiger partial charge in [-0.2, -0.15) is 0 Å². The monoisotopic (exact) mass is 260 g/mol. The molecule has 0 aliphatic heterocycles. The lowest BCUT2D eigenvalue weighted by Crippen LogP contribution is -2.11. The number of aromatic hydroxyl groups is 1. The minimum Gasteiger partial charge on any atom is -0.508 e. The second-order valence-electron chi connectivity index (χ2n) is 4.25. The summed E-state index contributed by atoms with van der Waals surface area (Å²) >= 11 is 1.54. The number of benzene rings is 1. The summed E-state index contributed by atoms with van der Waals surface area (Å²) in [6, 6.07) is 6.29. The van der Waals surface area contributed by atoms with Gasteiger partial charge in [0, 0.05) is 10.4 Å². The molecule has 3 rings (SSSR count). The maximum Gasteiger partial charge on any atom is 0.257 e. The zero-order chi connectivity index (χ0) is 12.5. The number of hydrogen-bond donors (Lipinski definition) is 2. The highest BCUT2D eigenvalue weighted by Gasteiger charge is 2.18. The van der Waals surface area contributed by atoms with Crippen molar-refractivity contribution in [2.45, 2.75) is 19.3 Å². The molecule has 18 heavy (non-hydrogen) atoms. The number of fused-ring (bicyclic) bond motifs is 1. The fourth-order valence-electron chi connectivity index (χ4n) is 2.06. The highest BCUT2D eigenvalue weighted by molar-refractivity contribution is 7.15. The van der Waals surface area contributed by atoms with Gasteiger partial charge < -0.3 is 5.11 Å². The number of thiazole rings is 1. The predicted molar refractivity (Wildman–Crippen MR) is 70.2 cm³/mol. The van der Waals surface area contributed by atoms with E-state index in [1.165, 1.54) is 17.0 Å². The molecule has 0 fully saturated rings. The first-order chi connectivity index (χ1) is 8.72. The number of phenolic OH excluding ortho intramolecular Hbond substituents is 1. The summed E-state index contributed by atoms with van der Waals surface area (Å²) in [7, 11) is 0. The molecule has 0 radical (unpaired) electrons. The van der Waals surface area contributed by atoms with Crippen LogP contribution in [0.15, 0.2) is 24.3 Å². The van der Waals surface area contributed by atoms with Gasteiger partial charge in [0.1, 0.15) is 5.75 Å². The van der Waals surface area contributed by atoms with Crippen LogP contribution in [0.25, 0.3) is 0 Å². The van der Waals surface area contributed by atoms with Crippen LogP contribution in [0.5, 0.6) is 5.75 Å². The van der Waals surface area contributed by atoms with Gasteiger partial charge in [-0.25, -0.2) is 4.98 Å². The number of aryl methyl sites for hydroxylation is 2. The summed E-state index contributed by atoms with van der Waals surface area (Å²) in [6.45, 7) is 0. The van der Waals surface area contributed by atoms with Gasteiger partial charge >= 0.3 is 0 Å². The number of carbonyl (C=O) groups excluding carboxylic acids is 1. The number of anilines is 1. The smallest absolute Gasteiger partial charge is 0.257 e. The SMILES string of the molecule is O=C(Nc1nc2c(s1)CCC2)c1cccc(O)c1. The standard InChI is InChI=1S/C13H12N2O2S/c16-9-4-1-3-8(7-9)12(17)15-13-14-10-5-2-6-11(10)18-13/h1,3-4,7,16H,2,5-6H2,(H,14,15,17). The van der Waals surface area contributed by atoms with Gasteiger partial charge in [-0.3, -0.25) is 10.1 Å². The van der Waals surface area contributed by atoms with Crippen molar-refractivity contribution >= 4 is 22.4 Å². The van der Waals surface area contributed by atoms with E-state index in [4.69, 9.17) is 0 Å². The van der Waals surface area contributed by atoms with E-state index in [1.807, 2.05) is 0 Å². The third-order valence-electron chi connectivity index (χ3n) is 2.92. The Morgan fingerprint density at radius 1 is 1.39 bits per heavy atom. The Bertz CT molecular complexity index is 585. The van der Waals surface area contributed by atoms with Gasteiger partial charge in [-0.1, -0.05) is 6.07 Å². The van der Waals surface area contributed by atoms with Crippen molar-refractivity contribution in [3.05, 3.63) is 40.4 Å². The zero-order valence-corrected chi connectivity index (χ0v) is 10.5. The Morgan fingerprint density at radius 2 is 2.28 bits per heavy atom. The number of amides is 1. The van der Waals surface area contributed by atoms with Crippen LogP contribution in [0, 0.1) is 0 Å². The summed E-state index contributed by atoms with van der Waals surface area (Å²) in [5.41, 5.74) is 1.55. The molecule has 0 unspecified atom stereocenters. The van der Waals surface area contributed by atoms with Crippen molar-refractivity contribution in [1.82, 2.24) is 4.98 Å². The molecule has 0 atom stereocenters. The molecule has 0 bridgehead atoms. The second kappa shape index (κ2) is 4.42. The molecule has 2 N–H and O–H groups in total. The molecule has 1 aromatic heterocycles. The van der Waals surface area contributed by atoms with Gasteiger partial charge in [0.05, 0.1) is 5.69 Å². The van der Waals surface area contributed by atoms with E-state index in [9.17, 15) is 9.90 Å². The normalized spacial score (nSPS) is 13.3. The summed E-state index contributed by atoms with van der Waals surface area (Å²) < 4.78 is 0. The average molecular weight is 260 g/mol. The minimum absolute atomic E-state index is 0.0873. The van der Waals surface area contributed by atoms with Gasteiger partial charge in [0.15, 0.2) is 5.13 Å². The Balaban J connectivity index is 1.78. The molecule has 1 aliphatic carbocycles. The third-order valence-corrected chi connectivity index (χ3v) is 4.00. The van der Waals surface area contributed by atoms with Gasteiger partial charge in [-0.15, -0.1) is 11.3 Å². The quantitative estimate of drug-likeness (QED) is 0.872. The molecule has 5 heteroatoms. The van der Waals surface area contributed by atoms with Crippen LogP contribution in [-0.2, 0) is 12.8 Å². The number of rotatable bonds is 2. The van der Waals surface area contributed by atoms with Crippen LogP contribution in [-0.4, -0.2) is 16.0 Å². The highest BCUT2D eigenvalue weighted by Crippen LogP contribution is 2.30. The molecule has 0 spiro atoms. The first kappa shape index (κ1) is 11.2. The Hall–Kier alpha value is -1.88. The minimum atomic E-state index is -0.238. The Labute approximate surface area is 108 Å². The van der Waals surface area contributed by atoms with Crippen LogP contribution in [0.1, 0.15) is 27.3 Å². The second-order valence-corrected chi connectivity index (χ2v) is 5.33. The number of carbonyl (C=O) groups is 1. The van der Waals surface area contributed by atoms with Crippen molar-refractivity contribution in [3.8, 4) is 5.75 Å². The number of aromatic nitrogens is 1. The molecule has 0 saturated heterocycles. The molecular formula is C13H12N2O2S. The molecule has 4 nitrogen and oxygen atoms in total. The van der Waals surface area contributed by atoms with E-state index in [0.717, 1.165) is 25.0 Å². The van der Waals surface area contributed by atoms with Crippen molar-refractivity contribution in [2.24, 2.45) is 0 Å². The molecule has 1 aliphatic rings. The maximum atomic E-state index is 11.9. The Kier molecular flexibility index (Phi) is 2.76. The molecular weight excluding hydrogens is 248 g/mol. The van der Waals surface area contributed by atoms with Crippen LogP contribution < -0.4 is 5.32 Å². The van der Waals surface area contributed by atoms with Crippen LogP contribution >= 0.6 is 11.3 Å². The number of hydrogen-bond acceptors (Lipinski definition) is 4. The maximum absolute atomic E-state index is 11.9. The molecule has 1 aromatic carbocycles. The van der Waals surface area contributed by atoms with Crippen molar-refractivity contribution in [2.75, 3.05) is 5.32 Å². The number of phenols is 1. The fraction of sp³-hybridized carbons (Fsp3) is 0.231. The lowest BCUT2D eigenvalue weighted by atomic mass is 10.2. The van der Waals surface area contributed by atoms with E-state index in [0.29, 0.717) is 10.7 Å². The van der Waals surface area contributed by atoms with Crippen LogP contribution in [0.4, 0.5) is 5.13 Å². The first-order valence-corrected chi connectivity index (χ1v) is 6.63. The summed E-state index contributed by atoms with van der Waals surface area (Å²) in [5.74, 6) is -0.150. The lowest BCUT2D eigenvalue weighted by molar-refractivity contribution is 0.102. The van der Waals surface area contributed by atoms with Crippen molar-refractivity contribution in [1.29, 1.82) is 0 Å². The van der Waals surface area contributed by atoms with E-state index in [1.54, 1.807) is 23.5 Å². The molecule has 1 heterocycles. The number of nitrogens with zero attached hydrogens (tertiary/aromatic N) is 1. The van der Waals surface area contributed by atoms with E-state index in [-0.39, 0.29) is 11.7 Å². The highest BCUT2D eigenvalue weighted by atomic mass is 32.1. The van der Waals surface area contributed by atoms with Crippen molar-refractivity contribution < 1.29 is 9.90 Å². The largest absolute Gasteiger partial charge is 0.508 e. The van der Waals surface area contributed by atoms with E-state index in [2.05, 4.69) is 10.3 Å². The fourth-order valence-corrected chi connectivity index (χ4v) is 3.11. The first-order valence-electron chi connectivity index (χ1n) is 5.81. The number of nitrogens with one attached hydrogen (secondary N) is 1. The third kappa shape index (κ3) is 2.09. The lowest BCUT2D eigenvalue weighted by Gasteiger charge is -2.02. The predicted octanol–water partition coefficient (Wildman–Crippen LogP) is 2.59. The molecule has 2 aromatic rings. The van der Waals surface area contributed by atoms with Gasteiger partial charge in [0.25, 0.3) is 5.91 Å². The zero-order valence-electron chi connectivity index (χ0n) is 9.64. The van der Waals surface area contributed by atoms with E-state index < -0.39 is 0 Å². The van der Waals surface area contributed by atoms with Gasteiger partial charge in [0.2, 0.25) is 0 Å². The van der Waals surface area contributed by atoms with Crippen LogP contribution in [0.2, 0.25) is 0 Å². The van der Waals surface area contributed by atoms with Crippen LogP contribution in [0.3, 0.4) is 0 Å². The molecule has 0 saturated carbocycles. The van der Waals surface area contributed by atoms with E-state index >= 15 is 0 Å².